The number of hydrogen-bond acceptors (Lipinski definition) is 7. The topological polar surface area (TPSA) is 74.3 Å². The van der Waals surface area contributed by atoms with Crippen LogP contribution in [0, 0.1) is 0 Å². The van der Waals surface area contributed by atoms with Gasteiger partial charge >= 0.3 is 16.5 Å². The lowest BCUT2D eigenvalue weighted by molar-refractivity contribution is 0.357. The van der Waals surface area contributed by atoms with Crippen molar-refractivity contribution in [1.29, 1.82) is 0 Å². The fraction of sp³-hybridized carbons (Fsp3) is 0.0800. The zero-order valence-corrected chi connectivity index (χ0v) is 33.7. The van der Waals surface area contributed by atoms with Gasteiger partial charge in [-0.3, -0.25) is 9.05 Å². The molecule has 2 heterocycles. The number of anilines is 1. The summed E-state index contributed by atoms with van der Waals surface area (Å²) in [5.41, 5.74) is 4.02. The second-order valence-corrected chi connectivity index (χ2v) is 16.6. The molecule has 9 aromatic carbocycles. The third-order valence-corrected chi connectivity index (χ3v) is 13.2. The van der Waals surface area contributed by atoms with Crippen LogP contribution in [0.1, 0.15) is 0 Å². The molecule has 0 bridgehead atoms. The summed E-state index contributed by atoms with van der Waals surface area (Å²) in [4.78, 5) is 2.24. The van der Waals surface area contributed by atoms with Gasteiger partial charge in [-0.05, 0) is 79.5 Å². The number of nitrogens with zero attached hydrogens (tertiary/aromatic N) is 1. The van der Waals surface area contributed by atoms with Gasteiger partial charge in [-0.15, -0.1) is 0 Å². The summed E-state index contributed by atoms with van der Waals surface area (Å²) in [7, 11) is -3.56. The fourth-order valence-corrected chi connectivity index (χ4v) is 10.3. The highest BCUT2D eigenvalue weighted by atomic mass is 31.1. The van der Waals surface area contributed by atoms with Crippen molar-refractivity contribution in [3.63, 3.8) is 0 Å². The van der Waals surface area contributed by atoms with E-state index in [0.29, 0.717) is 26.3 Å². The SMILES string of the molecule is c1ccc(N(CCOp2oc3ccc4ccccc4c3c3c(ccc4ccccc43)o2)CCOp2oc3ccc4ccccc4c3c3c(ccc4ccccc43)o2)cc1. The summed E-state index contributed by atoms with van der Waals surface area (Å²) >= 11 is 0. The summed E-state index contributed by atoms with van der Waals surface area (Å²) in [6, 6.07) is 60.4. The number of fused-ring (bicyclic) bond motifs is 14. The summed E-state index contributed by atoms with van der Waals surface area (Å²) < 4.78 is 39.5. The summed E-state index contributed by atoms with van der Waals surface area (Å²) in [5, 5.41) is 13.0. The van der Waals surface area contributed by atoms with E-state index in [1.54, 1.807) is 0 Å². The smallest absolute Gasteiger partial charge is 0.387 e. The maximum absolute atomic E-state index is 6.61. The number of rotatable bonds is 9. The van der Waals surface area contributed by atoms with Crippen LogP contribution in [0.25, 0.3) is 87.0 Å². The lowest BCUT2D eigenvalue weighted by Crippen LogP contribution is -2.32. The van der Waals surface area contributed by atoms with E-state index in [0.717, 1.165) is 92.7 Å². The Balaban J connectivity index is 0.912. The van der Waals surface area contributed by atoms with Crippen molar-refractivity contribution >= 4 is 109 Å². The molecule has 0 spiro atoms. The van der Waals surface area contributed by atoms with Crippen LogP contribution in [0.4, 0.5) is 5.69 Å². The van der Waals surface area contributed by atoms with Gasteiger partial charge in [0, 0.05) is 40.3 Å². The molecule has 0 N–H and O–H groups in total. The van der Waals surface area contributed by atoms with Gasteiger partial charge < -0.3 is 21.7 Å². The lowest BCUT2D eigenvalue weighted by Gasteiger charge is -2.24. The Hall–Kier alpha value is -6.46. The first-order valence-corrected chi connectivity index (χ1v) is 21.9. The van der Waals surface area contributed by atoms with Gasteiger partial charge in [-0.1, -0.05) is 140 Å². The minimum Gasteiger partial charge on any atom is -0.399 e. The van der Waals surface area contributed by atoms with E-state index in [1.165, 1.54) is 0 Å². The van der Waals surface area contributed by atoms with Crippen LogP contribution in [0.15, 0.2) is 193 Å². The third kappa shape index (κ3) is 6.69. The molecule has 2 aromatic heterocycles. The minimum absolute atomic E-state index is 0.356. The summed E-state index contributed by atoms with van der Waals surface area (Å²) in [6.45, 7) is 1.85. The highest BCUT2D eigenvalue weighted by molar-refractivity contribution is 7.32. The van der Waals surface area contributed by atoms with Crippen molar-refractivity contribution in [3.8, 4) is 0 Å². The van der Waals surface area contributed by atoms with Crippen LogP contribution in [-0.2, 0) is 0 Å². The molecule has 0 aliphatic rings. The van der Waals surface area contributed by atoms with Gasteiger partial charge in [0.25, 0.3) is 0 Å². The van der Waals surface area contributed by atoms with E-state index in [9.17, 15) is 0 Å². The molecule has 0 unspecified atom stereocenters. The normalized spacial score (nSPS) is 11.8. The molecule has 0 atom stereocenters. The van der Waals surface area contributed by atoms with Crippen LogP contribution in [0.3, 0.4) is 0 Å². The Morgan fingerprint density at radius 1 is 0.339 bits per heavy atom. The van der Waals surface area contributed by atoms with E-state index in [2.05, 4.69) is 138 Å². The molecule has 11 rings (SSSR count). The molecule has 9 heteroatoms. The van der Waals surface area contributed by atoms with Gasteiger partial charge in [0.2, 0.25) is 0 Å². The summed E-state index contributed by atoms with van der Waals surface area (Å²) in [5.74, 6) is 0. The van der Waals surface area contributed by atoms with Crippen molar-refractivity contribution in [1.82, 2.24) is 0 Å². The molecule has 0 fully saturated rings. The van der Waals surface area contributed by atoms with Gasteiger partial charge in [-0.2, -0.15) is 0 Å². The molecule has 288 valence electrons. The molecule has 0 aliphatic carbocycles. The third-order valence-electron chi connectivity index (χ3n) is 11.0. The van der Waals surface area contributed by atoms with Gasteiger partial charge in [-0.25, -0.2) is 0 Å². The molecule has 11 aromatic rings. The molecule has 0 radical (unpaired) electrons. The fourth-order valence-electron chi connectivity index (χ4n) is 8.27. The van der Waals surface area contributed by atoms with Crippen molar-refractivity contribution in [3.05, 3.63) is 176 Å². The molecule has 7 nitrogen and oxygen atoms in total. The largest absolute Gasteiger partial charge is 0.399 e. The summed E-state index contributed by atoms with van der Waals surface area (Å²) in [6.07, 6.45) is 0. The van der Waals surface area contributed by atoms with Crippen molar-refractivity contribution < 1.29 is 25.8 Å². The first-order chi connectivity index (χ1) is 29.2. The van der Waals surface area contributed by atoms with E-state index in [-0.39, 0.29) is 0 Å². The maximum atomic E-state index is 6.61. The van der Waals surface area contributed by atoms with Gasteiger partial charge in [0.1, 0.15) is 22.3 Å². The molecule has 0 saturated heterocycles. The van der Waals surface area contributed by atoms with E-state index in [4.69, 9.17) is 25.8 Å². The van der Waals surface area contributed by atoms with Gasteiger partial charge in [0.05, 0.1) is 13.2 Å². The van der Waals surface area contributed by atoms with E-state index in [1.807, 2.05) is 42.5 Å². The highest BCUT2D eigenvalue weighted by Gasteiger charge is 2.16. The van der Waals surface area contributed by atoms with Crippen molar-refractivity contribution in [2.24, 2.45) is 0 Å². The average Bonchev–Trinajstić information content (AvgIpc) is 3.57. The predicted octanol–water partition coefficient (Wildman–Crippen LogP) is 14.6. The Morgan fingerprint density at radius 2 is 0.644 bits per heavy atom. The highest BCUT2D eigenvalue weighted by Crippen LogP contribution is 2.42. The van der Waals surface area contributed by atoms with Crippen LogP contribution in [0.2, 0.25) is 0 Å². The van der Waals surface area contributed by atoms with Crippen LogP contribution in [0.5, 0.6) is 0 Å². The lowest BCUT2D eigenvalue weighted by atomic mass is 9.99. The Morgan fingerprint density at radius 3 is 0.983 bits per heavy atom. The van der Waals surface area contributed by atoms with Crippen LogP contribution >= 0.6 is 16.5 Å². The number of benzene rings is 9. The predicted molar refractivity (Wildman–Crippen MR) is 244 cm³/mol. The van der Waals surface area contributed by atoms with E-state index < -0.39 is 16.5 Å². The minimum atomic E-state index is -1.78. The first-order valence-electron chi connectivity index (χ1n) is 19.7. The standard InChI is InChI=1S/C50H37NO6P2/c1-2-16-38(17-3-1)51(30-32-52-58-54-43-26-22-34-12-4-8-18-39(34)47(43)48-40-19-9-5-13-35(40)23-27-44(48)55-58)31-33-53-59-56-45-28-24-36-14-6-10-20-41(36)49(45)50-42-21-11-7-15-37(42)25-29-46(50)57-59/h1-29H,30-33H2. The zero-order chi connectivity index (χ0) is 39.1. The first kappa shape index (κ1) is 35.7. The number of hydrogen-bond donors (Lipinski definition) is 0. The Labute approximate surface area is 340 Å². The quantitative estimate of drug-likeness (QED) is 0.144. The second kappa shape index (κ2) is 15.4. The van der Waals surface area contributed by atoms with E-state index >= 15 is 0 Å². The number of para-hydroxylation sites is 1. The molecule has 59 heavy (non-hydrogen) atoms. The zero-order valence-electron chi connectivity index (χ0n) is 31.9. The van der Waals surface area contributed by atoms with Gasteiger partial charge in [0.15, 0.2) is 0 Å². The molecule has 0 amide bonds. The maximum Gasteiger partial charge on any atom is 0.387 e. The monoisotopic (exact) mass is 809 g/mol. The average molecular weight is 810 g/mol. The Bertz CT molecular complexity index is 3030. The van der Waals surface area contributed by atoms with Crippen molar-refractivity contribution in [2.75, 3.05) is 31.2 Å². The van der Waals surface area contributed by atoms with Crippen LogP contribution in [-0.4, -0.2) is 26.3 Å². The Kier molecular flexibility index (Phi) is 9.30. The van der Waals surface area contributed by atoms with Crippen molar-refractivity contribution in [2.45, 2.75) is 0 Å². The molecular formula is C50H37NO6P2. The molecule has 0 aliphatic heterocycles. The van der Waals surface area contributed by atoms with Crippen LogP contribution < -0.4 is 13.9 Å². The molecular weight excluding hydrogens is 772 g/mol. The molecule has 0 saturated carbocycles. The second-order valence-electron chi connectivity index (χ2n) is 14.4.